The fraction of sp³-hybridized carbons (Fsp3) is 0.875. The number of carbonyl (C=O) groups is 1. The number of carboxylic acid groups (broad SMARTS) is 1. The molecule has 1 aliphatic rings. The lowest BCUT2D eigenvalue weighted by atomic mass is 9.99. The van der Waals surface area contributed by atoms with Crippen LogP contribution in [0.25, 0.3) is 0 Å². The Bertz CT molecular complexity index is 142. The Morgan fingerprint density at radius 3 is 2.20 bits per heavy atom. The van der Waals surface area contributed by atoms with Crippen molar-refractivity contribution in [1.29, 1.82) is 0 Å². The minimum atomic E-state index is -0.614. The van der Waals surface area contributed by atoms with Gasteiger partial charge in [0.05, 0.1) is 5.92 Å². The van der Waals surface area contributed by atoms with Crippen LogP contribution in [0.15, 0.2) is 0 Å². The summed E-state index contributed by atoms with van der Waals surface area (Å²) in [5.41, 5.74) is 0. The van der Waals surface area contributed by atoms with E-state index >= 15 is 0 Å². The fourth-order valence-electron chi connectivity index (χ4n) is 1.91. The molecule has 0 saturated heterocycles. The predicted molar refractivity (Wildman–Crippen MR) is 38.7 cm³/mol. The Morgan fingerprint density at radius 2 is 2.00 bits per heavy atom. The van der Waals surface area contributed by atoms with Gasteiger partial charge >= 0.3 is 5.97 Å². The van der Waals surface area contributed by atoms with E-state index in [0.717, 1.165) is 12.8 Å². The van der Waals surface area contributed by atoms with Crippen molar-refractivity contribution in [3.8, 4) is 0 Å². The van der Waals surface area contributed by atoms with Crippen molar-refractivity contribution in [2.45, 2.75) is 26.7 Å². The van der Waals surface area contributed by atoms with Gasteiger partial charge in [-0.25, -0.2) is 0 Å². The van der Waals surface area contributed by atoms with Crippen LogP contribution in [-0.4, -0.2) is 11.1 Å². The summed E-state index contributed by atoms with van der Waals surface area (Å²) in [7, 11) is 0. The third-order valence-corrected chi connectivity index (χ3v) is 2.43. The van der Waals surface area contributed by atoms with Crippen LogP contribution in [0.2, 0.25) is 0 Å². The summed E-state index contributed by atoms with van der Waals surface area (Å²) in [6.45, 7) is 4.15. The highest BCUT2D eigenvalue weighted by atomic mass is 16.4. The molecule has 2 unspecified atom stereocenters. The van der Waals surface area contributed by atoms with Crippen LogP contribution in [0.4, 0.5) is 0 Å². The molecule has 0 aliphatic heterocycles. The minimum absolute atomic E-state index is 0.0741. The average Bonchev–Trinajstić information content (AvgIpc) is 2.10. The van der Waals surface area contributed by atoms with E-state index in [1.807, 2.05) is 6.92 Å². The van der Waals surface area contributed by atoms with Crippen LogP contribution in [-0.2, 0) is 4.79 Å². The first-order valence-corrected chi connectivity index (χ1v) is 3.84. The van der Waals surface area contributed by atoms with Crippen LogP contribution in [0.1, 0.15) is 26.7 Å². The van der Waals surface area contributed by atoms with Crippen LogP contribution in [0.3, 0.4) is 0 Å². The molecule has 0 amide bonds. The highest BCUT2D eigenvalue weighted by molar-refractivity contribution is 5.70. The Morgan fingerprint density at radius 1 is 1.40 bits per heavy atom. The van der Waals surface area contributed by atoms with Crippen LogP contribution >= 0.6 is 0 Å². The zero-order valence-electron chi connectivity index (χ0n) is 6.50. The van der Waals surface area contributed by atoms with Crippen LogP contribution in [0.5, 0.6) is 0 Å². The van der Waals surface area contributed by atoms with E-state index in [1.54, 1.807) is 0 Å². The maximum atomic E-state index is 10.6. The summed E-state index contributed by atoms with van der Waals surface area (Å²) in [6.07, 6.45) is 1.95. The first-order chi connectivity index (χ1) is 4.61. The van der Waals surface area contributed by atoms with Gasteiger partial charge in [0.15, 0.2) is 0 Å². The van der Waals surface area contributed by atoms with Crippen LogP contribution in [0, 0.1) is 17.8 Å². The molecule has 10 heavy (non-hydrogen) atoms. The molecule has 1 aliphatic carbocycles. The Balaban J connectivity index is 2.54. The van der Waals surface area contributed by atoms with Gasteiger partial charge in [-0.2, -0.15) is 0 Å². The second kappa shape index (κ2) is 2.60. The molecule has 2 heteroatoms. The van der Waals surface area contributed by atoms with Gasteiger partial charge in [-0.05, 0) is 24.7 Å². The predicted octanol–water partition coefficient (Wildman–Crippen LogP) is 1.75. The number of rotatable bonds is 1. The van der Waals surface area contributed by atoms with E-state index in [1.165, 1.54) is 0 Å². The molecule has 1 fully saturated rings. The first kappa shape index (κ1) is 7.58. The van der Waals surface area contributed by atoms with Crippen molar-refractivity contribution in [1.82, 2.24) is 0 Å². The molecule has 58 valence electrons. The topological polar surface area (TPSA) is 37.3 Å². The zero-order chi connectivity index (χ0) is 7.72. The highest BCUT2D eigenvalue weighted by Crippen LogP contribution is 2.35. The van der Waals surface area contributed by atoms with Crippen molar-refractivity contribution in [3.05, 3.63) is 0 Å². The average molecular weight is 142 g/mol. The maximum Gasteiger partial charge on any atom is 0.306 e. The van der Waals surface area contributed by atoms with Crippen LogP contribution < -0.4 is 0 Å². The Hall–Kier alpha value is -0.530. The number of hydrogen-bond donors (Lipinski definition) is 1. The number of aliphatic carboxylic acids is 1. The molecule has 1 N–H and O–H groups in total. The summed E-state index contributed by atoms with van der Waals surface area (Å²) in [5, 5.41) is 8.70. The second-order valence-corrected chi connectivity index (χ2v) is 3.50. The summed E-state index contributed by atoms with van der Waals surface area (Å²) in [4.78, 5) is 10.6. The molecule has 0 bridgehead atoms. The third-order valence-electron chi connectivity index (χ3n) is 2.43. The molecule has 0 aromatic rings. The molecule has 3 atom stereocenters. The molecule has 0 aromatic carbocycles. The summed E-state index contributed by atoms with van der Waals surface area (Å²) in [6, 6.07) is 0. The van der Waals surface area contributed by atoms with E-state index < -0.39 is 5.97 Å². The molecule has 0 spiro atoms. The molecular formula is C8H14O2. The molecule has 2 nitrogen and oxygen atoms in total. The minimum Gasteiger partial charge on any atom is -0.481 e. The first-order valence-electron chi connectivity index (χ1n) is 3.84. The lowest BCUT2D eigenvalue weighted by Crippen LogP contribution is -2.15. The highest BCUT2D eigenvalue weighted by Gasteiger charge is 2.33. The Labute approximate surface area is 61.2 Å². The SMILES string of the molecule is CC1CC(C)[C@H](C(=O)O)C1. The van der Waals surface area contributed by atoms with Gasteiger partial charge in [-0.1, -0.05) is 13.8 Å². The van der Waals surface area contributed by atoms with Gasteiger partial charge in [0.1, 0.15) is 0 Å². The van der Waals surface area contributed by atoms with Gasteiger partial charge in [0.2, 0.25) is 0 Å². The second-order valence-electron chi connectivity index (χ2n) is 3.50. The normalized spacial score (nSPS) is 40.0. The van der Waals surface area contributed by atoms with E-state index in [9.17, 15) is 4.79 Å². The lowest BCUT2D eigenvalue weighted by molar-refractivity contribution is -0.142. The fourth-order valence-corrected chi connectivity index (χ4v) is 1.91. The van der Waals surface area contributed by atoms with Crippen molar-refractivity contribution in [3.63, 3.8) is 0 Å². The summed E-state index contributed by atoms with van der Waals surface area (Å²) >= 11 is 0. The van der Waals surface area contributed by atoms with Crippen molar-refractivity contribution in [2.75, 3.05) is 0 Å². The Kier molecular flexibility index (Phi) is 1.97. The van der Waals surface area contributed by atoms with Crippen molar-refractivity contribution >= 4 is 5.97 Å². The van der Waals surface area contributed by atoms with E-state index in [-0.39, 0.29) is 5.92 Å². The van der Waals surface area contributed by atoms with E-state index in [2.05, 4.69) is 6.92 Å². The smallest absolute Gasteiger partial charge is 0.306 e. The number of hydrogen-bond acceptors (Lipinski definition) is 1. The van der Waals surface area contributed by atoms with Crippen molar-refractivity contribution < 1.29 is 9.90 Å². The molecule has 0 heterocycles. The molecule has 1 rings (SSSR count). The largest absolute Gasteiger partial charge is 0.481 e. The number of carboxylic acids is 1. The van der Waals surface area contributed by atoms with Gasteiger partial charge in [-0.15, -0.1) is 0 Å². The summed E-state index contributed by atoms with van der Waals surface area (Å²) in [5.74, 6) is 0.301. The standard InChI is InChI=1S/C8H14O2/c1-5-3-6(2)7(4-5)8(9)10/h5-7H,3-4H2,1-2H3,(H,9,10)/t5?,6?,7-/m1/s1. The van der Waals surface area contributed by atoms with Gasteiger partial charge in [0, 0.05) is 0 Å². The molecule has 0 radical (unpaired) electrons. The van der Waals surface area contributed by atoms with E-state index in [0.29, 0.717) is 11.8 Å². The third kappa shape index (κ3) is 1.31. The molecule has 1 saturated carbocycles. The molecule has 0 aromatic heterocycles. The van der Waals surface area contributed by atoms with Crippen molar-refractivity contribution in [2.24, 2.45) is 17.8 Å². The zero-order valence-corrected chi connectivity index (χ0v) is 6.50. The quantitative estimate of drug-likeness (QED) is 0.605. The summed E-state index contributed by atoms with van der Waals surface area (Å²) < 4.78 is 0. The van der Waals surface area contributed by atoms with E-state index in [4.69, 9.17) is 5.11 Å². The monoisotopic (exact) mass is 142 g/mol. The maximum absolute atomic E-state index is 10.6. The van der Waals surface area contributed by atoms with Gasteiger partial charge in [-0.3, -0.25) is 4.79 Å². The lowest BCUT2D eigenvalue weighted by Gasteiger charge is -2.07. The van der Waals surface area contributed by atoms with Gasteiger partial charge < -0.3 is 5.11 Å². The molecular weight excluding hydrogens is 128 g/mol. The van der Waals surface area contributed by atoms with Gasteiger partial charge in [0.25, 0.3) is 0 Å².